The summed E-state index contributed by atoms with van der Waals surface area (Å²) in [5, 5.41) is 8.96. The molecule has 0 heterocycles. The molecular formula is C11H17NO3S. The van der Waals surface area contributed by atoms with Crippen LogP contribution in [0, 0.1) is 6.92 Å². The second-order valence-electron chi connectivity index (χ2n) is 3.73. The molecule has 0 saturated heterocycles. The van der Waals surface area contributed by atoms with Crippen LogP contribution in [0.15, 0.2) is 29.2 Å². The zero-order valence-electron chi connectivity index (χ0n) is 9.47. The first-order valence-corrected chi connectivity index (χ1v) is 6.67. The third-order valence-corrected chi connectivity index (χ3v) is 3.85. The molecule has 0 fully saturated rings. The predicted octanol–water partition coefficient (Wildman–Crippen LogP) is 1.04. The minimum absolute atomic E-state index is 0.193. The van der Waals surface area contributed by atoms with Crippen LogP contribution in [-0.4, -0.2) is 26.2 Å². The summed E-state index contributed by atoms with van der Waals surface area (Å²) in [6.07, 6.45) is 0.557. The van der Waals surface area contributed by atoms with Gasteiger partial charge in [-0.25, -0.2) is 13.1 Å². The maximum atomic E-state index is 11.9. The number of sulfonamides is 1. The predicted molar refractivity (Wildman–Crippen MR) is 62.7 cm³/mol. The molecule has 1 rings (SSSR count). The van der Waals surface area contributed by atoms with Gasteiger partial charge in [0.05, 0.1) is 11.5 Å². The summed E-state index contributed by atoms with van der Waals surface area (Å²) >= 11 is 0. The van der Waals surface area contributed by atoms with Crippen molar-refractivity contribution in [3.05, 3.63) is 29.8 Å². The fraction of sp³-hybridized carbons (Fsp3) is 0.455. The molecule has 0 bridgehead atoms. The molecular weight excluding hydrogens is 226 g/mol. The maximum absolute atomic E-state index is 11.9. The van der Waals surface area contributed by atoms with Gasteiger partial charge in [-0.05, 0) is 31.0 Å². The Bertz CT molecular complexity index is 438. The Balaban J connectivity index is 2.94. The van der Waals surface area contributed by atoms with Crippen molar-refractivity contribution in [1.29, 1.82) is 0 Å². The number of rotatable bonds is 5. The van der Waals surface area contributed by atoms with Crippen molar-refractivity contribution in [2.75, 3.05) is 6.61 Å². The van der Waals surface area contributed by atoms with Gasteiger partial charge in [0.1, 0.15) is 0 Å². The molecule has 0 aromatic heterocycles. The summed E-state index contributed by atoms with van der Waals surface area (Å²) in [6, 6.07) is 6.25. The Morgan fingerprint density at radius 1 is 1.44 bits per heavy atom. The molecule has 1 unspecified atom stereocenters. The minimum Gasteiger partial charge on any atom is -0.395 e. The minimum atomic E-state index is -3.52. The second kappa shape index (κ2) is 5.43. The molecule has 90 valence electrons. The monoisotopic (exact) mass is 243 g/mol. The summed E-state index contributed by atoms with van der Waals surface area (Å²) in [5.74, 6) is 0. The Kier molecular flexibility index (Phi) is 4.46. The van der Waals surface area contributed by atoms with Crippen molar-refractivity contribution < 1.29 is 13.5 Å². The van der Waals surface area contributed by atoms with Gasteiger partial charge < -0.3 is 5.11 Å². The van der Waals surface area contributed by atoms with Gasteiger partial charge in [-0.3, -0.25) is 0 Å². The van der Waals surface area contributed by atoms with Gasteiger partial charge in [0, 0.05) is 6.04 Å². The Labute approximate surface area is 96.4 Å². The molecule has 0 saturated carbocycles. The third-order valence-electron chi connectivity index (χ3n) is 2.33. The van der Waals surface area contributed by atoms with Gasteiger partial charge in [0.15, 0.2) is 0 Å². The first kappa shape index (κ1) is 13.2. The molecule has 0 spiro atoms. The van der Waals surface area contributed by atoms with E-state index in [9.17, 15) is 8.42 Å². The number of aliphatic hydroxyl groups excluding tert-OH is 1. The van der Waals surface area contributed by atoms with Crippen molar-refractivity contribution in [2.45, 2.75) is 31.2 Å². The van der Waals surface area contributed by atoms with E-state index in [4.69, 9.17) is 5.11 Å². The molecule has 16 heavy (non-hydrogen) atoms. The summed E-state index contributed by atoms with van der Waals surface area (Å²) in [5.41, 5.74) is 0.889. The highest BCUT2D eigenvalue weighted by Gasteiger charge is 2.18. The maximum Gasteiger partial charge on any atom is 0.240 e. The molecule has 1 aromatic rings. The van der Waals surface area contributed by atoms with Crippen molar-refractivity contribution in [1.82, 2.24) is 4.72 Å². The zero-order valence-corrected chi connectivity index (χ0v) is 10.3. The van der Waals surface area contributed by atoms with E-state index in [1.54, 1.807) is 18.2 Å². The van der Waals surface area contributed by atoms with E-state index in [-0.39, 0.29) is 11.5 Å². The molecule has 0 amide bonds. The van der Waals surface area contributed by atoms with E-state index in [1.165, 1.54) is 0 Å². The molecule has 1 aromatic carbocycles. The van der Waals surface area contributed by atoms with Gasteiger partial charge in [-0.15, -0.1) is 0 Å². The van der Waals surface area contributed by atoms with Crippen LogP contribution in [0.1, 0.15) is 18.9 Å². The van der Waals surface area contributed by atoms with E-state index in [2.05, 4.69) is 4.72 Å². The van der Waals surface area contributed by atoms with Crippen molar-refractivity contribution in [3.63, 3.8) is 0 Å². The highest BCUT2D eigenvalue weighted by atomic mass is 32.2. The van der Waals surface area contributed by atoms with Gasteiger partial charge in [0.2, 0.25) is 10.0 Å². The normalized spacial score (nSPS) is 13.7. The van der Waals surface area contributed by atoms with Crippen LogP contribution in [0.3, 0.4) is 0 Å². The summed E-state index contributed by atoms with van der Waals surface area (Å²) in [4.78, 5) is 0.236. The molecule has 0 aliphatic heterocycles. The molecule has 0 aliphatic carbocycles. The van der Waals surface area contributed by atoms with Crippen LogP contribution in [0.4, 0.5) is 0 Å². The Morgan fingerprint density at radius 2 is 2.12 bits per heavy atom. The Morgan fingerprint density at radius 3 is 2.62 bits per heavy atom. The smallest absolute Gasteiger partial charge is 0.240 e. The van der Waals surface area contributed by atoms with Gasteiger partial charge in [0.25, 0.3) is 0 Å². The van der Waals surface area contributed by atoms with Gasteiger partial charge in [-0.1, -0.05) is 19.1 Å². The molecule has 4 nitrogen and oxygen atoms in total. The lowest BCUT2D eigenvalue weighted by Gasteiger charge is -2.14. The summed E-state index contributed by atoms with van der Waals surface area (Å²) < 4.78 is 26.2. The van der Waals surface area contributed by atoms with Crippen molar-refractivity contribution in [2.24, 2.45) is 0 Å². The SMILES string of the molecule is CCC(CO)NS(=O)(=O)c1cccc(C)c1. The number of aryl methyl sites for hydroxylation is 1. The van der Waals surface area contributed by atoms with E-state index >= 15 is 0 Å². The average Bonchev–Trinajstić information content (AvgIpc) is 2.26. The Hall–Kier alpha value is -0.910. The van der Waals surface area contributed by atoms with Crippen molar-refractivity contribution >= 4 is 10.0 Å². The highest BCUT2D eigenvalue weighted by Crippen LogP contribution is 2.11. The first-order chi connectivity index (χ1) is 7.49. The number of aliphatic hydroxyl groups is 1. The standard InChI is InChI=1S/C11H17NO3S/c1-3-10(8-13)12-16(14,15)11-6-4-5-9(2)7-11/h4-7,10,12-13H,3,8H2,1-2H3. The first-order valence-electron chi connectivity index (χ1n) is 5.19. The molecule has 5 heteroatoms. The lowest BCUT2D eigenvalue weighted by atomic mass is 10.2. The molecule has 2 N–H and O–H groups in total. The molecule has 0 radical (unpaired) electrons. The van der Waals surface area contributed by atoms with Crippen molar-refractivity contribution in [3.8, 4) is 0 Å². The summed E-state index contributed by atoms with van der Waals surface area (Å²) in [6.45, 7) is 3.46. The number of nitrogens with one attached hydrogen (secondary N) is 1. The lowest BCUT2D eigenvalue weighted by Crippen LogP contribution is -2.36. The fourth-order valence-corrected chi connectivity index (χ4v) is 2.73. The highest BCUT2D eigenvalue weighted by molar-refractivity contribution is 7.89. The zero-order chi connectivity index (χ0) is 12.2. The van der Waals surface area contributed by atoms with E-state index < -0.39 is 16.1 Å². The molecule has 1 atom stereocenters. The topological polar surface area (TPSA) is 66.4 Å². The van der Waals surface area contributed by atoms with Crippen LogP contribution in [-0.2, 0) is 10.0 Å². The summed E-state index contributed by atoms with van der Waals surface area (Å²) in [7, 11) is -3.52. The number of benzene rings is 1. The van der Waals surface area contributed by atoms with Crippen LogP contribution >= 0.6 is 0 Å². The largest absolute Gasteiger partial charge is 0.395 e. The van der Waals surface area contributed by atoms with E-state index in [0.29, 0.717) is 6.42 Å². The van der Waals surface area contributed by atoms with E-state index in [0.717, 1.165) is 5.56 Å². The quantitative estimate of drug-likeness (QED) is 0.812. The number of hydrogen-bond donors (Lipinski definition) is 2. The van der Waals surface area contributed by atoms with Crippen LogP contribution in [0.2, 0.25) is 0 Å². The van der Waals surface area contributed by atoms with Crippen LogP contribution < -0.4 is 4.72 Å². The van der Waals surface area contributed by atoms with Gasteiger partial charge in [-0.2, -0.15) is 0 Å². The number of hydrogen-bond acceptors (Lipinski definition) is 3. The third kappa shape index (κ3) is 3.30. The van der Waals surface area contributed by atoms with Gasteiger partial charge >= 0.3 is 0 Å². The van der Waals surface area contributed by atoms with E-state index in [1.807, 2.05) is 19.9 Å². The molecule has 0 aliphatic rings. The van der Waals surface area contributed by atoms with Crippen LogP contribution in [0.25, 0.3) is 0 Å². The second-order valence-corrected chi connectivity index (χ2v) is 5.44. The lowest BCUT2D eigenvalue weighted by molar-refractivity contribution is 0.254. The average molecular weight is 243 g/mol. The fourth-order valence-electron chi connectivity index (χ4n) is 1.32. The van der Waals surface area contributed by atoms with Crippen LogP contribution in [0.5, 0.6) is 0 Å².